The molecule has 0 saturated carbocycles. The van der Waals surface area contributed by atoms with Crippen LogP contribution in [-0.2, 0) is 11.2 Å². The lowest BCUT2D eigenvalue weighted by Crippen LogP contribution is -1.99. The molecule has 16 heavy (non-hydrogen) atoms. The Morgan fingerprint density at radius 1 is 1.50 bits per heavy atom. The van der Waals surface area contributed by atoms with E-state index in [1.165, 1.54) is 18.2 Å². The van der Waals surface area contributed by atoms with E-state index in [-0.39, 0.29) is 22.6 Å². The second-order valence-electron chi connectivity index (χ2n) is 3.17. The van der Waals surface area contributed by atoms with Crippen molar-refractivity contribution in [3.63, 3.8) is 0 Å². The van der Waals surface area contributed by atoms with Crippen molar-refractivity contribution in [3.8, 4) is 0 Å². The molecule has 0 aliphatic rings. The standard InChI is InChI=1S/C10H7F2NO3/c11-10(12)5-2-1-3-6-9(5)13-7(16-6)4-8(14)15/h1-3,10H,4H2,(H,14,15). The molecule has 1 aromatic heterocycles. The van der Waals surface area contributed by atoms with Gasteiger partial charge in [-0.3, -0.25) is 4.79 Å². The number of para-hydroxylation sites is 1. The monoisotopic (exact) mass is 227 g/mol. The average Bonchev–Trinajstić information content (AvgIpc) is 2.57. The van der Waals surface area contributed by atoms with E-state index in [1.54, 1.807) is 0 Å². The fourth-order valence-corrected chi connectivity index (χ4v) is 1.40. The number of aromatic nitrogens is 1. The number of benzene rings is 1. The van der Waals surface area contributed by atoms with Crippen molar-refractivity contribution in [2.75, 3.05) is 0 Å². The van der Waals surface area contributed by atoms with Crippen LogP contribution in [0.2, 0.25) is 0 Å². The number of hydrogen-bond donors (Lipinski definition) is 1. The molecule has 0 bridgehead atoms. The molecule has 1 aromatic carbocycles. The zero-order valence-electron chi connectivity index (χ0n) is 7.98. The second kappa shape index (κ2) is 3.88. The van der Waals surface area contributed by atoms with Gasteiger partial charge in [-0.2, -0.15) is 0 Å². The van der Waals surface area contributed by atoms with Crippen molar-refractivity contribution in [3.05, 3.63) is 29.7 Å². The number of oxazole rings is 1. The van der Waals surface area contributed by atoms with Crippen molar-refractivity contribution < 1.29 is 23.1 Å². The Morgan fingerprint density at radius 2 is 2.25 bits per heavy atom. The maximum absolute atomic E-state index is 12.6. The van der Waals surface area contributed by atoms with Gasteiger partial charge in [0.15, 0.2) is 5.58 Å². The summed E-state index contributed by atoms with van der Waals surface area (Å²) < 4.78 is 30.2. The molecule has 1 N–H and O–H groups in total. The topological polar surface area (TPSA) is 63.3 Å². The van der Waals surface area contributed by atoms with Gasteiger partial charge in [0.1, 0.15) is 11.9 Å². The van der Waals surface area contributed by atoms with Crippen LogP contribution in [0.25, 0.3) is 11.1 Å². The molecule has 0 aliphatic heterocycles. The molecule has 0 atom stereocenters. The minimum absolute atomic E-state index is 0.0220. The highest BCUT2D eigenvalue weighted by Crippen LogP contribution is 2.27. The first-order valence-corrected chi connectivity index (χ1v) is 4.46. The lowest BCUT2D eigenvalue weighted by Gasteiger charge is -1.97. The average molecular weight is 227 g/mol. The summed E-state index contributed by atoms with van der Waals surface area (Å²) in [6.07, 6.45) is -3.08. The highest BCUT2D eigenvalue weighted by atomic mass is 19.3. The number of fused-ring (bicyclic) bond motifs is 1. The number of alkyl halides is 2. The fraction of sp³-hybridized carbons (Fsp3) is 0.200. The molecular weight excluding hydrogens is 220 g/mol. The Hall–Kier alpha value is -1.98. The molecule has 0 aliphatic carbocycles. The smallest absolute Gasteiger partial charge is 0.312 e. The van der Waals surface area contributed by atoms with E-state index in [4.69, 9.17) is 9.52 Å². The van der Waals surface area contributed by atoms with E-state index < -0.39 is 18.8 Å². The van der Waals surface area contributed by atoms with Crippen molar-refractivity contribution in [1.29, 1.82) is 0 Å². The van der Waals surface area contributed by atoms with Crippen LogP contribution in [0.4, 0.5) is 8.78 Å². The summed E-state index contributed by atoms with van der Waals surface area (Å²) in [6.45, 7) is 0. The van der Waals surface area contributed by atoms with Gasteiger partial charge in [-0.05, 0) is 6.07 Å². The Balaban J connectivity index is 2.52. The van der Waals surface area contributed by atoms with Crippen molar-refractivity contribution in [2.24, 2.45) is 0 Å². The molecule has 0 amide bonds. The minimum atomic E-state index is -2.66. The van der Waals surface area contributed by atoms with Gasteiger partial charge in [0.2, 0.25) is 5.89 Å². The normalized spacial score (nSPS) is 11.2. The first-order valence-electron chi connectivity index (χ1n) is 4.46. The number of carboxylic acids is 1. The van der Waals surface area contributed by atoms with Crippen molar-refractivity contribution in [2.45, 2.75) is 12.8 Å². The predicted molar refractivity (Wildman–Crippen MR) is 50.3 cm³/mol. The van der Waals surface area contributed by atoms with Crippen LogP contribution in [0, 0.1) is 0 Å². The van der Waals surface area contributed by atoms with Crippen molar-refractivity contribution in [1.82, 2.24) is 4.98 Å². The van der Waals surface area contributed by atoms with E-state index in [0.29, 0.717) is 0 Å². The summed E-state index contributed by atoms with van der Waals surface area (Å²) in [5, 5.41) is 8.52. The van der Waals surface area contributed by atoms with Crippen LogP contribution in [0.15, 0.2) is 22.6 Å². The van der Waals surface area contributed by atoms with Crippen LogP contribution in [0.1, 0.15) is 17.9 Å². The van der Waals surface area contributed by atoms with Crippen LogP contribution in [0.5, 0.6) is 0 Å². The predicted octanol–water partition coefficient (Wildman–Crippen LogP) is 2.39. The molecule has 6 heteroatoms. The second-order valence-corrected chi connectivity index (χ2v) is 3.17. The molecule has 4 nitrogen and oxygen atoms in total. The Labute approximate surface area is 88.5 Å². The Bertz CT molecular complexity index is 536. The number of aliphatic carboxylic acids is 1. The van der Waals surface area contributed by atoms with Crippen molar-refractivity contribution >= 4 is 17.1 Å². The van der Waals surface area contributed by atoms with Gasteiger partial charge in [0, 0.05) is 5.56 Å². The summed E-state index contributed by atoms with van der Waals surface area (Å²) >= 11 is 0. The van der Waals surface area contributed by atoms with Gasteiger partial charge >= 0.3 is 5.97 Å². The number of hydrogen-bond acceptors (Lipinski definition) is 3. The molecule has 0 radical (unpaired) electrons. The van der Waals surface area contributed by atoms with Gasteiger partial charge in [-0.15, -0.1) is 0 Å². The summed E-state index contributed by atoms with van der Waals surface area (Å²) in [5.41, 5.74) is -0.0549. The van der Waals surface area contributed by atoms with Gasteiger partial charge in [-0.25, -0.2) is 13.8 Å². The number of nitrogens with zero attached hydrogens (tertiary/aromatic N) is 1. The largest absolute Gasteiger partial charge is 0.481 e. The summed E-state index contributed by atoms with van der Waals surface area (Å²) in [6, 6.07) is 4.12. The zero-order valence-corrected chi connectivity index (χ0v) is 7.98. The van der Waals surface area contributed by atoms with Gasteiger partial charge in [0.25, 0.3) is 6.43 Å². The van der Waals surface area contributed by atoms with E-state index in [9.17, 15) is 13.6 Å². The quantitative estimate of drug-likeness (QED) is 0.874. The third kappa shape index (κ3) is 1.86. The number of carbonyl (C=O) groups is 1. The Morgan fingerprint density at radius 3 is 2.88 bits per heavy atom. The lowest BCUT2D eigenvalue weighted by molar-refractivity contribution is -0.136. The first kappa shape index (κ1) is 10.5. The molecule has 0 unspecified atom stereocenters. The molecule has 84 valence electrons. The van der Waals surface area contributed by atoms with Crippen LogP contribution in [-0.4, -0.2) is 16.1 Å². The zero-order chi connectivity index (χ0) is 11.7. The van der Waals surface area contributed by atoms with Gasteiger partial charge < -0.3 is 9.52 Å². The highest BCUT2D eigenvalue weighted by Gasteiger charge is 2.17. The van der Waals surface area contributed by atoms with Gasteiger partial charge in [-0.1, -0.05) is 12.1 Å². The first-order chi connectivity index (χ1) is 7.58. The van der Waals surface area contributed by atoms with E-state index >= 15 is 0 Å². The maximum atomic E-state index is 12.6. The summed E-state index contributed by atoms with van der Waals surface area (Å²) in [7, 11) is 0. The Kier molecular flexibility index (Phi) is 2.55. The molecule has 1 heterocycles. The maximum Gasteiger partial charge on any atom is 0.312 e. The van der Waals surface area contributed by atoms with E-state index in [0.717, 1.165) is 0 Å². The van der Waals surface area contributed by atoms with Gasteiger partial charge in [0.05, 0.1) is 0 Å². The number of carboxylic acid groups (broad SMARTS) is 1. The summed E-state index contributed by atoms with van der Waals surface area (Å²) in [5.74, 6) is -1.19. The van der Waals surface area contributed by atoms with E-state index in [1.807, 2.05) is 0 Å². The lowest BCUT2D eigenvalue weighted by atomic mass is 10.2. The molecule has 0 spiro atoms. The molecule has 0 saturated heterocycles. The molecule has 2 aromatic rings. The van der Waals surface area contributed by atoms with Crippen LogP contribution < -0.4 is 0 Å². The fourth-order valence-electron chi connectivity index (χ4n) is 1.40. The molecule has 2 rings (SSSR count). The van der Waals surface area contributed by atoms with Crippen LogP contribution >= 0.6 is 0 Å². The minimum Gasteiger partial charge on any atom is -0.481 e. The molecular formula is C10H7F2NO3. The third-order valence-corrected chi connectivity index (χ3v) is 2.03. The molecule has 0 fully saturated rings. The summed E-state index contributed by atoms with van der Waals surface area (Å²) in [4.78, 5) is 14.2. The van der Waals surface area contributed by atoms with E-state index in [2.05, 4.69) is 4.98 Å². The SMILES string of the molecule is O=C(O)Cc1nc2c(C(F)F)cccc2o1. The number of halogens is 2. The third-order valence-electron chi connectivity index (χ3n) is 2.03. The number of rotatable bonds is 3. The highest BCUT2D eigenvalue weighted by molar-refractivity contribution is 5.78. The van der Waals surface area contributed by atoms with Crippen LogP contribution in [0.3, 0.4) is 0 Å².